The van der Waals surface area contributed by atoms with Crippen molar-refractivity contribution in [1.82, 2.24) is 10.6 Å². The smallest absolute Gasteiger partial charge is 0.231 e. The first-order chi connectivity index (χ1) is 11.8. The van der Waals surface area contributed by atoms with Crippen LogP contribution in [0.4, 0.5) is 0 Å². The molecule has 1 aliphatic heterocycles. The van der Waals surface area contributed by atoms with Crippen LogP contribution in [0, 0.1) is 0 Å². The number of rotatable bonds is 10. The number of fused-ring (bicyclic) bond motifs is 1. The van der Waals surface area contributed by atoms with E-state index in [0.29, 0.717) is 33.2 Å². The average Bonchev–Trinajstić information content (AvgIpc) is 3.06. The molecule has 24 heavy (non-hydrogen) atoms. The van der Waals surface area contributed by atoms with Crippen LogP contribution in [0.2, 0.25) is 0 Å². The van der Waals surface area contributed by atoms with Crippen molar-refractivity contribution in [2.24, 2.45) is 4.99 Å². The highest BCUT2D eigenvalue weighted by molar-refractivity contribution is 5.79. The molecular formula is C17H27N3O4. The standard InChI is InChI=1S/C17H27N3O4/c1-3-18-17(19-7-4-8-22-10-9-21-2)20-12-14-5-6-15-16(11-14)24-13-23-15/h5-6,11H,3-4,7-10,12-13H2,1-2H3,(H2,18,19,20). The predicted molar refractivity (Wildman–Crippen MR) is 92.7 cm³/mol. The van der Waals surface area contributed by atoms with Crippen molar-refractivity contribution in [2.45, 2.75) is 19.9 Å². The van der Waals surface area contributed by atoms with Crippen LogP contribution >= 0.6 is 0 Å². The Bertz CT molecular complexity index is 523. The lowest BCUT2D eigenvalue weighted by Crippen LogP contribution is -2.38. The Kier molecular flexibility index (Phi) is 8.20. The Morgan fingerprint density at radius 2 is 2.04 bits per heavy atom. The summed E-state index contributed by atoms with van der Waals surface area (Å²) < 4.78 is 21.1. The van der Waals surface area contributed by atoms with Gasteiger partial charge in [0, 0.05) is 26.8 Å². The molecule has 0 atom stereocenters. The van der Waals surface area contributed by atoms with Crippen LogP contribution in [0.1, 0.15) is 18.9 Å². The van der Waals surface area contributed by atoms with Gasteiger partial charge in [-0.25, -0.2) is 4.99 Å². The Labute approximate surface area is 143 Å². The largest absolute Gasteiger partial charge is 0.454 e. The maximum absolute atomic E-state index is 5.44. The monoisotopic (exact) mass is 337 g/mol. The third-order valence-electron chi connectivity index (χ3n) is 3.39. The van der Waals surface area contributed by atoms with E-state index in [1.165, 1.54) is 0 Å². The first-order valence-electron chi connectivity index (χ1n) is 8.31. The summed E-state index contributed by atoms with van der Waals surface area (Å²) in [5.74, 6) is 2.38. The van der Waals surface area contributed by atoms with E-state index in [2.05, 4.69) is 15.6 Å². The lowest BCUT2D eigenvalue weighted by Gasteiger charge is -2.11. The van der Waals surface area contributed by atoms with Crippen molar-refractivity contribution in [3.63, 3.8) is 0 Å². The van der Waals surface area contributed by atoms with E-state index >= 15 is 0 Å². The summed E-state index contributed by atoms with van der Waals surface area (Å²) in [5, 5.41) is 6.54. The minimum atomic E-state index is 0.290. The van der Waals surface area contributed by atoms with Gasteiger partial charge in [-0.15, -0.1) is 0 Å². The quantitative estimate of drug-likeness (QED) is 0.383. The van der Waals surface area contributed by atoms with E-state index in [1.807, 2.05) is 25.1 Å². The van der Waals surface area contributed by atoms with Crippen LogP contribution in [0.25, 0.3) is 0 Å². The van der Waals surface area contributed by atoms with Crippen LogP contribution in [0.5, 0.6) is 11.5 Å². The van der Waals surface area contributed by atoms with Crippen LogP contribution in [-0.4, -0.2) is 52.8 Å². The minimum absolute atomic E-state index is 0.290. The maximum atomic E-state index is 5.44. The van der Waals surface area contributed by atoms with Crippen LogP contribution < -0.4 is 20.1 Å². The van der Waals surface area contributed by atoms with Crippen molar-refractivity contribution in [3.05, 3.63) is 23.8 Å². The Hall–Kier alpha value is -1.99. The summed E-state index contributed by atoms with van der Waals surface area (Å²) >= 11 is 0. The third kappa shape index (κ3) is 6.25. The molecule has 0 bridgehead atoms. The highest BCUT2D eigenvalue weighted by atomic mass is 16.7. The van der Waals surface area contributed by atoms with E-state index in [9.17, 15) is 0 Å². The predicted octanol–water partition coefficient (Wildman–Crippen LogP) is 1.52. The van der Waals surface area contributed by atoms with E-state index in [-0.39, 0.29) is 0 Å². The molecule has 1 aromatic rings. The molecular weight excluding hydrogens is 310 g/mol. The minimum Gasteiger partial charge on any atom is -0.454 e. The van der Waals surface area contributed by atoms with Crippen molar-refractivity contribution in [2.75, 3.05) is 46.8 Å². The molecule has 0 radical (unpaired) electrons. The fourth-order valence-corrected chi connectivity index (χ4v) is 2.18. The first kappa shape index (κ1) is 18.4. The summed E-state index contributed by atoms with van der Waals surface area (Å²) in [6.45, 7) is 6.51. The highest BCUT2D eigenvalue weighted by Gasteiger charge is 2.12. The van der Waals surface area contributed by atoms with Gasteiger partial charge in [0.25, 0.3) is 0 Å². The number of ether oxygens (including phenoxy) is 4. The average molecular weight is 337 g/mol. The summed E-state index contributed by atoms with van der Waals surface area (Å²) in [6.07, 6.45) is 0.915. The highest BCUT2D eigenvalue weighted by Crippen LogP contribution is 2.32. The molecule has 2 rings (SSSR count). The summed E-state index contributed by atoms with van der Waals surface area (Å²) in [6, 6.07) is 5.90. The molecule has 0 amide bonds. The first-order valence-corrected chi connectivity index (χ1v) is 8.31. The van der Waals surface area contributed by atoms with E-state index in [1.54, 1.807) is 7.11 Å². The van der Waals surface area contributed by atoms with Gasteiger partial charge in [0.15, 0.2) is 17.5 Å². The van der Waals surface area contributed by atoms with Crippen molar-refractivity contribution < 1.29 is 18.9 Å². The number of benzene rings is 1. The van der Waals surface area contributed by atoms with Gasteiger partial charge in [-0.3, -0.25) is 0 Å². The van der Waals surface area contributed by atoms with E-state index < -0.39 is 0 Å². The van der Waals surface area contributed by atoms with Crippen molar-refractivity contribution in [3.8, 4) is 11.5 Å². The number of nitrogens with one attached hydrogen (secondary N) is 2. The molecule has 0 spiro atoms. The van der Waals surface area contributed by atoms with Gasteiger partial charge in [-0.1, -0.05) is 6.07 Å². The molecule has 1 heterocycles. The zero-order valence-corrected chi connectivity index (χ0v) is 14.5. The molecule has 0 aliphatic carbocycles. The summed E-state index contributed by atoms with van der Waals surface area (Å²) in [5.41, 5.74) is 1.08. The van der Waals surface area contributed by atoms with Crippen LogP contribution in [0.15, 0.2) is 23.2 Å². The number of guanidine groups is 1. The maximum Gasteiger partial charge on any atom is 0.231 e. The van der Waals surface area contributed by atoms with Gasteiger partial charge < -0.3 is 29.6 Å². The molecule has 0 saturated carbocycles. The number of nitrogens with zero attached hydrogens (tertiary/aromatic N) is 1. The van der Waals surface area contributed by atoms with Gasteiger partial charge in [-0.05, 0) is 31.0 Å². The molecule has 1 aliphatic rings. The van der Waals surface area contributed by atoms with Gasteiger partial charge >= 0.3 is 0 Å². The Morgan fingerprint density at radius 3 is 2.88 bits per heavy atom. The second kappa shape index (κ2) is 10.7. The normalized spacial score (nSPS) is 13.2. The van der Waals surface area contributed by atoms with Crippen LogP contribution in [-0.2, 0) is 16.0 Å². The molecule has 0 aromatic heterocycles. The lowest BCUT2D eigenvalue weighted by atomic mass is 10.2. The molecule has 0 fully saturated rings. The molecule has 134 valence electrons. The molecule has 7 heteroatoms. The van der Waals surface area contributed by atoms with Crippen LogP contribution in [0.3, 0.4) is 0 Å². The Morgan fingerprint density at radius 1 is 1.17 bits per heavy atom. The Balaban J connectivity index is 1.74. The number of hydrogen-bond acceptors (Lipinski definition) is 5. The fraction of sp³-hybridized carbons (Fsp3) is 0.588. The summed E-state index contributed by atoms with van der Waals surface area (Å²) in [7, 11) is 1.67. The molecule has 2 N–H and O–H groups in total. The number of hydrogen-bond donors (Lipinski definition) is 2. The molecule has 1 aromatic carbocycles. The fourth-order valence-electron chi connectivity index (χ4n) is 2.18. The van der Waals surface area contributed by atoms with Gasteiger partial charge in [0.05, 0.1) is 19.8 Å². The zero-order chi connectivity index (χ0) is 17.0. The zero-order valence-electron chi connectivity index (χ0n) is 14.5. The second-order valence-electron chi connectivity index (χ2n) is 5.27. The van der Waals surface area contributed by atoms with E-state index in [0.717, 1.165) is 42.5 Å². The number of aliphatic imine (C=N–C) groups is 1. The molecule has 0 saturated heterocycles. The van der Waals surface area contributed by atoms with Crippen molar-refractivity contribution in [1.29, 1.82) is 0 Å². The second-order valence-corrected chi connectivity index (χ2v) is 5.27. The molecule has 7 nitrogen and oxygen atoms in total. The van der Waals surface area contributed by atoms with Crippen molar-refractivity contribution >= 4 is 5.96 Å². The summed E-state index contributed by atoms with van der Waals surface area (Å²) in [4.78, 5) is 4.59. The third-order valence-corrected chi connectivity index (χ3v) is 3.39. The lowest BCUT2D eigenvalue weighted by molar-refractivity contribution is 0.0698. The topological polar surface area (TPSA) is 73.3 Å². The van der Waals surface area contributed by atoms with Gasteiger partial charge in [-0.2, -0.15) is 0 Å². The SMILES string of the molecule is CCNC(=NCc1ccc2c(c1)OCO2)NCCCOCCOC. The van der Waals surface area contributed by atoms with E-state index in [4.69, 9.17) is 18.9 Å². The number of methoxy groups -OCH3 is 1. The van der Waals surface area contributed by atoms with Gasteiger partial charge in [0.2, 0.25) is 6.79 Å². The van der Waals surface area contributed by atoms with Gasteiger partial charge in [0.1, 0.15) is 0 Å². The molecule has 0 unspecified atom stereocenters.